The second-order valence-electron chi connectivity index (χ2n) is 7.86. The van der Waals surface area contributed by atoms with Crippen LogP contribution in [0, 0.1) is 12.3 Å². The Morgan fingerprint density at radius 1 is 1.26 bits per heavy atom. The first-order chi connectivity index (χ1) is 13.2. The van der Waals surface area contributed by atoms with E-state index in [1.165, 1.54) is 11.1 Å². The molecule has 2 fully saturated rings. The summed E-state index contributed by atoms with van der Waals surface area (Å²) in [6, 6.07) is 8.05. The third-order valence-electron chi connectivity index (χ3n) is 6.24. The first-order valence-corrected chi connectivity index (χ1v) is 10.0. The number of aryl methyl sites for hydroxylation is 1. The van der Waals surface area contributed by atoms with Crippen LogP contribution >= 0.6 is 0 Å². The predicted octanol–water partition coefficient (Wildman–Crippen LogP) is 3.12. The van der Waals surface area contributed by atoms with Gasteiger partial charge in [0.05, 0.1) is 19.8 Å². The first-order valence-electron chi connectivity index (χ1n) is 10.0. The highest BCUT2D eigenvalue weighted by Crippen LogP contribution is 2.47. The van der Waals surface area contributed by atoms with Crippen molar-refractivity contribution in [3.05, 3.63) is 41.5 Å². The minimum Gasteiger partial charge on any atom is -0.484 e. The van der Waals surface area contributed by atoms with Gasteiger partial charge in [-0.2, -0.15) is 0 Å². The van der Waals surface area contributed by atoms with E-state index in [0.29, 0.717) is 13.2 Å². The number of piperidine rings is 1. The van der Waals surface area contributed by atoms with E-state index in [9.17, 15) is 4.79 Å². The number of fused-ring (bicyclic) bond motifs is 1. The average Bonchev–Trinajstić information content (AvgIpc) is 2.73. The Balaban J connectivity index is 1.49. The summed E-state index contributed by atoms with van der Waals surface area (Å²) < 4.78 is 17.2. The van der Waals surface area contributed by atoms with Crippen molar-refractivity contribution >= 4 is 5.91 Å². The van der Waals surface area contributed by atoms with Crippen molar-refractivity contribution in [2.45, 2.75) is 38.6 Å². The number of hydrogen-bond donors (Lipinski definition) is 0. The highest BCUT2D eigenvalue weighted by molar-refractivity contribution is 5.78. The van der Waals surface area contributed by atoms with Crippen LogP contribution in [0.15, 0.2) is 35.9 Å². The summed E-state index contributed by atoms with van der Waals surface area (Å²) in [5.74, 6) is 0.829. The van der Waals surface area contributed by atoms with Crippen LogP contribution in [0.2, 0.25) is 0 Å². The van der Waals surface area contributed by atoms with Crippen molar-refractivity contribution in [3.8, 4) is 5.75 Å². The molecule has 0 unspecified atom stereocenters. The molecule has 3 aliphatic rings. The molecule has 0 radical (unpaired) electrons. The Kier molecular flexibility index (Phi) is 5.50. The van der Waals surface area contributed by atoms with E-state index in [0.717, 1.165) is 51.2 Å². The van der Waals surface area contributed by atoms with Gasteiger partial charge in [0.25, 0.3) is 5.91 Å². The standard InChI is InChI=1S/C22H29NO4/c1-17-3-5-19(6-4-17)27-15-21(24)23-11-2-10-22(16-26-14-9-20(22)23)18-7-12-25-13-8-18/h3-7,20H,2,8-16H2,1H3/t20-,22-/m0/s1. The molecular weight excluding hydrogens is 342 g/mol. The fourth-order valence-corrected chi connectivity index (χ4v) is 4.84. The highest BCUT2D eigenvalue weighted by atomic mass is 16.5. The van der Waals surface area contributed by atoms with Gasteiger partial charge in [0.1, 0.15) is 5.75 Å². The summed E-state index contributed by atoms with van der Waals surface area (Å²) >= 11 is 0. The van der Waals surface area contributed by atoms with Crippen molar-refractivity contribution in [2.75, 3.05) is 39.6 Å². The lowest BCUT2D eigenvalue weighted by Crippen LogP contribution is -2.60. The minimum absolute atomic E-state index is 0.0419. The average molecular weight is 371 g/mol. The van der Waals surface area contributed by atoms with Gasteiger partial charge in [-0.15, -0.1) is 0 Å². The summed E-state index contributed by atoms with van der Waals surface area (Å²) in [5.41, 5.74) is 2.57. The zero-order valence-corrected chi connectivity index (χ0v) is 16.1. The quantitative estimate of drug-likeness (QED) is 0.763. The molecule has 2 atom stereocenters. The molecule has 3 heterocycles. The molecule has 146 valence electrons. The highest BCUT2D eigenvalue weighted by Gasteiger charge is 2.50. The number of carbonyl (C=O) groups is 1. The van der Waals surface area contributed by atoms with Crippen LogP contribution < -0.4 is 4.74 Å². The molecule has 5 heteroatoms. The fourth-order valence-electron chi connectivity index (χ4n) is 4.84. The van der Waals surface area contributed by atoms with E-state index < -0.39 is 0 Å². The number of likely N-dealkylation sites (tertiary alicyclic amines) is 1. The summed E-state index contributed by atoms with van der Waals surface area (Å²) in [4.78, 5) is 15.1. The Morgan fingerprint density at radius 2 is 2.11 bits per heavy atom. The van der Waals surface area contributed by atoms with Crippen molar-refractivity contribution < 1.29 is 19.0 Å². The fraction of sp³-hybridized carbons (Fsp3) is 0.591. The van der Waals surface area contributed by atoms with Crippen LogP contribution in [0.1, 0.15) is 31.2 Å². The molecule has 27 heavy (non-hydrogen) atoms. The topological polar surface area (TPSA) is 48.0 Å². The SMILES string of the molecule is Cc1ccc(OCC(=O)N2CCC[C@@]3(C4=CCOCC4)COCC[C@H]23)cc1. The van der Waals surface area contributed by atoms with Gasteiger partial charge in [0, 0.05) is 24.6 Å². The van der Waals surface area contributed by atoms with Crippen LogP contribution in [0.3, 0.4) is 0 Å². The molecule has 1 aromatic rings. The zero-order chi connectivity index (χ0) is 18.7. The van der Waals surface area contributed by atoms with Gasteiger partial charge < -0.3 is 19.1 Å². The van der Waals surface area contributed by atoms with Crippen molar-refractivity contribution in [2.24, 2.45) is 5.41 Å². The summed E-state index contributed by atoms with van der Waals surface area (Å²) in [7, 11) is 0. The molecule has 2 saturated heterocycles. The maximum Gasteiger partial charge on any atom is 0.260 e. The maximum atomic E-state index is 13.0. The molecule has 0 spiro atoms. The van der Waals surface area contributed by atoms with Crippen LogP contribution in [0.25, 0.3) is 0 Å². The van der Waals surface area contributed by atoms with Gasteiger partial charge >= 0.3 is 0 Å². The van der Waals surface area contributed by atoms with E-state index in [1.807, 2.05) is 31.2 Å². The molecule has 1 amide bonds. The van der Waals surface area contributed by atoms with Gasteiger partial charge in [-0.25, -0.2) is 0 Å². The van der Waals surface area contributed by atoms with Crippen molar-refractivity contribution in [1.82, 2.24) is 4.90 Å². The van der Waals surface area contributed by atoms with Crippen LogP contribution in [-0.4, -0.2) is 56.4 Å². The Morgan fingerprint density at radius 3 is 2.89 bits per heavy atom. The second kappa shape index (κ2) is 8.03. The molecule has 1 aromatic carbocycles. The van der Waals surface area contributed by atoms with Crippen LogP contribution in [0.5, 0.6) is 5.75 Å². The Bertz CT molecular complexity index is 695. The molecule has 0 saturated carbocycles. The van der Waals surface area contributed by atoms with E-state index in [4.69, 9.17) is 14.2 Å². The molecule has 5 nitrogen and oxygen atoms in total. The zero-order valence-electron chi connectivity index (χ0n) is 16.1. The normalized spacial score (nSPS) is 28.3. The maximum absolute atomic E-state index is 13.0. The predicted molar refractivity (Wildman–Crippen MR) is 103 cm³/mol. The third-order valence-corrected chi connectivity index (χ3v) is 6.24. The summed E-state index contributed by atoms with van der Waals surface area (Å²) in [5, 5.41) is 0. The molecule has 0 aromatic heterocycles. The lowest BCUT2D eigenvalue weighted by atomic mass is 9.65. The number of carbonyl (C=O) groups excluding carboxylic acids is 1. The number of benzene rings is 1. The first kappa shape index (κ1) is 18.5. The van der Waals surface area contributed by atoms with Crippen LogP contribution in [-0.2, 0) is 14.3 Å². The summed E-state index contributed by atoms with van der Waals surface area (Å²) in [6.45, 7) is 5.83. The van der Waals surface area contributed by atoms with Gasteiger partial charge in [-0.05, 0) is 44.7 Å². The molecule has 0 aliphatic carbocycles. The summed E-state index contributed by atoms with van der Waals surface area (Å²) in [6.07, 6.45) is 6.17. The second-order valence-corrected chi connectivity index (χ2v) is 7.86. The Labute approximate surface area is 161 Å². The molecule has 3 aliphatic heterocycles. The van der Waals surface area contributed by atoms with Crippen molar-refractivity contribution in [3.63, 3.8) is 0 Å². The number of rotatable bonds is 4. The van der Waals surface area contributed by atoms with Crippen LogP contribution in [0.4, 0.5) is 0 Å². The number of ether oxygens (including phenoxy) is 3. The van der Waals surface area contributed by atoms with Gasteiger partial charge in [-0.1, -0.05) is 29.3 Å². The lowest BCUT2D eigenvalue weighted by Gasteiger charge is -2.54. The minimum atomic E-state index is -0.0419. The molecular formula is C22H29NO4. The van der Waals surface area contributed by atoms with Gasteiger partial charge in [0.15, 0.2) is 6.61 Å². The van der Waals surface area contributed by atoms with E-state index in [1.54, 1.807) is 0 Å². The molecule has 0 bridgehead atoms. The monoisotopic (exact) mass is 371 g/mol. The van der Waals surface area contributed by atoms with E-state index in [-0.39, 0.29) is 24.0 Å². The lowest BCUT2D eigenvalue weighted by molar-refractivity contribution is -0.149. The number of amides is 1. The molecule has 0 N–H and O–H groups in total. The van der Waals surface area contributed by atoms with Crippen molar-refractivity contribution in [1.29, 1.82) is 0 Å². The van der Waals surface area contributed by atoms with E-state index in [2.05, 4.69) is 11.0 Å². The van der Waals surface area contributed by atoms with Gasteiger partial charge in [0.2, 0.25) is 0 Å². The van der Waals surface area contributed by atoms with E-state index >= 15 is 0 Å². The number of nitrogens with zero attached hydrogens (tertiary/aromatic N) is 1. The molecule has 4 rings (SSSR count). The largest absolute Gasteiger partial charge is 0.484 e. The number of hydrogen-bond acceptors (Lipinski definition) is 4. The van der Waals surface area contributed by atoms with Gasteiger partial charge in [-0.3, -0.25) is 4.79 Å². The third kappa shape index (κ3) is 3.76. The smallest absolute Gasteiger partial charge is 0.260 e. The Hall–Kier alpha value is -1.85.